The van der Waals surface area contributed by atoms with Gasteiger partial charge in [0.05, 0.1) is 0 Å². The Balaban J connectivity index is 2.03. The molecule has 1 aliphatic heterocycles. The fourth-order valence-corrected chi connectivity index (χ4v) is 3.15. The standard InChI is InChI=1S/C17H29N3/c1-14-12-19(4)10-11-20(14)13-17(2,3)16(18)15-8-6-5-7-9-15/h5-9,14,16H,10-13,18H2,1-4H3. The number of rotatable bonds is 4. The van der Waals surface area contributed by atoms with Crippen LogP contribution < -0.4 is 5.73 Å². The first-order valence-electron chi connectivity index (χ1n) is 7.63. The first-order chi connectivity index (χ1) is 9.40. The van der Waals surface area contributed by atoms with Gasteiger partial charge in [0.2, 0.25) is 0 Å². The molecular formula is C17H29N3. The van der Waals surface area contributed by atoms with E-state index in [1.54, 1.807) is 0 Å². The molecule has 0 aromatic heterocycles. The van der Waals surface area contributed by atoms with E-state index in [4.69, 9.17) is 5.73 Å². The molecule has 0 radical (unpaired) electrons. The second-order valence-electron chi connectivity index (χ2n) is 6.96. The maximum atomic E-state index is 6.53. The second kappa shape index (κ2) is 6.25. The Labute approximate surface area is 123 Å². The van der Waals surface area contributed by atoms with Crippen LogP contribution in [-0.2, 0) is 0 Å². The minimum Gasteiger partial charge on any atom is -0.323 e. The average molecular weight is 275 g/mol. The van der Waals surface area contributed by atoms with Gasteiger partial charge in [0, 0.05) is 38.3 Å². The van der Waals surface area contributed by atoms with E-state index in [1.165, 1.54) is 5.56 Å². The van der Waals surface area contributed by atoms with Crippen LogP contribution in [0.25, 0.3) is 0 Å². The van der Waals surface area contributed by atoms with Crippen molar-refractivity contribution in [2.24, 2.45) is 11.1 Å². The Hall–Kier alpha value is -0.900. The summed E-state index contributed by atoms with van der Waals surface area (Å²) in [4.78, 5) is 4.99. The molecule has 1 fully saturated rings. The molecule has 1 heterocycles. The van der Waals surface area contributed by atoms with Crippen LogP contribution in [0, 0.1) is 5.41 Å². The summed E-state index contributed by atoms with van der Waals surface area (Å²) in [6, 6.07) is 11.2. The Morgan fingerprint density at radius 1 is 1.25 bits per heavy atom. The molecule has 112 valence electrons. The number of hydrogen-bond acceptors (Lipinski definition) is 3. The Kier molecular flexibility index (Phi) is 4.84. The maximum absolute atomic E-state index is 6.53. The highest BCUT2D eigenvalue weighted by Gasteiger charge is 2.33. The summed E-state index contributed by atoms with van der Waals surface area (Å²) >= 11 is 0. The number of nitrogens with zero attached hydrogens (tertiary/aromatic N) is 2. The fourth-order valence-electron chi connectivity index (χ4n) is 3.15. The molecule has 3 heteroatoms. The number of benzene rings is 1. The Morgan fingerprint density at radius 3 is 2.50 bits per heavy atom. The van der Waals surface area contributed by atoms with Gasteiger partial charge in [-0.1, -0.05) is 44.2 Å². The summed E-state index contributed by atoms with van der Waals surface area (Å²) in [7, 11) is 2.20. The van der Waals surface area contributed by atoms with Gasteiger partial charge in [-0.05, 0) is 24.9 Å². The molecule has 0 bridgehead atoms. The first-order valence-corrected chi connectivity index (χ1v) is 7.63. The molecule has 0 aliphatic carbocycles. The molecular weight excluding hydrogens is 246 g/mol. The monoisotopic (exact) mass is 275 g/mol. The van der Waals surface area contributed by atoms with Gasteiger partial charge in [0.1, 0.15) is 0 Å². The number of likely N-dealkylation sites (N-methyl/N-ethyl adjacent to an activating group) is 1. The lowest BCUT2D eigenvalue weighted by Crippen LogP contribution is -2.54. The normalized spacial score (nSPS) is 23.8. The van der Waals surface area contributed by atoms with Crippen molar-refractivity contribution < 1.29 is 0 Å². The lowest BCUT2D eigenvalue weighted by atomic mass is 9.80. The molecule has 0 saturated carbocycles. The summed E-state index contributed by atoms with van der Waals surface area (Å²) in [5, 5.41) is 0. The van der Waals surface area contributed by atoms with E-state index in [9.17, 15) is 0 Å². The highest BCUT2D eigenvalue weighted by molar-refractivity contribution is 5.20. The van der Waals surface area contributed by atoms with E-state index in [-0.39, 0.29) is 11.5 Å². The Morgan fingerprint density at radius 2 is 1.90 bits per heavy atom. The quantitative estimate of drug-likeness (QED) is 0.915. The summed E-state index contributed by atoms with van der Waals surface area (Å²) < 4.78 is 0. The zero-order chi connectivity index (χ0) is 14.8. The molecule has 1 aromatic rings. The second-order valence-corrected chi connectivity index (χ2v) is 6.96. The van der Waals surface area contributed by atoms with Crippen LogP contribution >= 0.6 is 0 Å². The lowest BCUT2D eigenvalue weighted by Gasteiger charge is -2.44. The molecule has 1 aliphatic rings. The highest BCUT2D eigenvalue weighted by Crippen LogP contribution is 2.33. The van der Waals surface area contributed by atoms with Gasteiger partial charge in [-0.2, -0.15) is 0 Å². The third-order valence-electron chi connectivity index (χ3n) is 4.58. The van der Waals surface area contributed by atoms with E-state index in [0.717, 1.165) is 26.2 Å². The summed E-state index contributed by atoms with van der Waals surface area (Å²) in [6.45, 7) is 11.4. The highest BCUT2D eigenvalue weighted by atomic mass is 15.3. The Bertz CT molecular complexity index is 416. The number of nitrogens with two attached hydrogens (primary N) is 1. The van der Waals surface area contributed by atoms with E-state index in [0.29, 0.717) is 6.04 Å². The van der Waals surface area contributed by atoms with Crippen molar-refractivity contribution in [2.75, 3.05) is 33.2 Å². The summed E-state index contributed by atoms with van der Waals surface area (Å²) in [5.41, 5.74) is 7.84. The van der Waals surface area contributed by atoms with Crippen LogP contribution in [0.4, 0.5) is 0 Å². The predicted octanol–water partition coefficient (Wildman–Crippen LogP) is 2.35. The van der Waals surface area contributed by atoms with Crippen LogP contribution in [0.5, 0.6) is 0 Å². The molecule has 2 unspecified atom stereocenters. The molecule has 0 amide bonds. The van der Waals surface area contributed by atoms with E-state index < -0.39 is 0 Å². The maximum Gasteiger partial charge on any atom is 0.0359 e. The number of piperazine rings is 1. The van der Waals surface area contributed by atoms with Crippen LogP contribution in [-0.4, -0.2) is 49.1 Å². The van der Waals surface area contributed by atoms with Crippen LogP contribution in [0.3, 0.4) is 0 Å². The van der Waals surface area contributed by atoms with Gasteiger partial charge < -0.3 is 10.6 Å². The van der Waals surface area contributed by atoms with Gasteiger partial charge in [0.15, 0.2) is 0 Å². The van der Waals surface area contributed by atoms with Gasteiger partial charge in [0.25, 0.3) is 0 Å². The van der Waals surface area contributed by atoms with Crippen molar-refractivity contribution in [1.29, 1.82) is 0 Å². The van der Waals surface area contributed by atoms with Gasteiger partial charge in [-0.15, -0.1) is 0 Å². The smallest absolute Gasteiger partial charge is 0.0359 e. The van der Waals surface area contributed by atoms with Crippen molar-refractivity contribution in [2.45, 2.75) is 32.9 Å². The van der Waals surface area contributed by atoms with E-state index in [2.05, 4.69) is 61.9 Å². The molecule has 1 saturated heterocycles. The number of hydrogen-bond donors (Lipinski definition) is 1. The van der Waals surface area contributed by atoms with Crippen molar-refractivity contribution in [3.63, 3.8) is 0 Å². The van der Waals surface area contributed by atoms with Gasteiger partial charge in [-0.25, -0.2) is 0 Å². The first kappa shape index (κ1) is 15.5. The lowest BCUT2D eigenvalue weighted by molar-refractivity contribution is 0.0566. The van der Waals surface area contributed by atoms with Crippen molar-refractivity contribution in [1.82, 2.24) is 9.80 Å². The van der Waals surface area contributed by atoms with Gasteiger partial charge in [-0.3, -0.25) is 4.90 Å². The van der Waals surface area contributed by atoms with Crippen molar-refractivity contribution in [3.05, 3.63) is 35.9 Å². The molecule has 2 N–H and O–H groups in total. The van der Waals surface area contributed by atoms with Crippen molar-refractivity contribution >= 4 is 0 Å². The van der Waals surface area contributed by atoms with E-state index >= 15 is 0 Å². The zero-order valence-corrected chi connectivity index (χ0v) is 13.3. The van der Waals surface area contributed by atoms with Gasteiger partial charge >= 0.3 is 0 Å². The molecule has 0 spiro atoms. The molecule has 3 nitrogen and oxygen atoms in total. The SMILES string of the molecule is CC1CN(C)CCN1CC(C)(C)C(N)c1ccccc1. The zero-order valence-electron chi connectivity index (χ0n) is 13.3. The topological polar surface area (TPSA) is 32.5 Å². The molecule has 2 rings (SSSR count). The fraction of sp³-hybridized carbons (Fsp3) is 0.647. The molecule has 1 aromatic carbocycles. The third kappa shape index (κ3) is 3.60. The third-order valence-corrected chi connectivity index (χ3v) is 4.58. The summed E-state index contributed by atoms with van der Waals surface area (Å²) in [5.74, 6) is 0. The predicted molar refractivity (Wildman–Crippen MR) is 85.7 cm³/mol. The largest absolute Gasteiger partial charge is 0.323 e. The van der Waals surface area contributed by atoms with Crippen molar-refractivity contribution in [3.8, 4) is 0 Å². The minimum absolute atomic E-state index is 0.0749. The minimum atomic E-state index is 0.0749. The van der Waals surface area contributed by atoms with E-state index in [1.807, 2.05) is 6.07 Å². The summed E-state index contributed by atoms with van der Waals surface area (Å²) in [6.07, 6.45) is 0. The van der Waals surface area contributed by atoms with Crippen LogP contribution in [0.2, 0.25) is 0 Å². The average Bonchev–Trinajstić information content (AvgIpc) is 2.42. The van der Waals surface area contributed by atoms with Crippen LogP contribution in [0.15, 0.2) is 30.3 Å². The van der Waals surface area contributed by atoms with Crippen LogP contribution in [0.1, 0.15) is 32.4 Å². The molecule has 2 atom stereocenters. The molecule has 20 heavy (non-hydrogen) atoms.